The summed E-state index contributed by atoms with van der Waals surface area (Å²) in [6, 6.07) is 4.24. The summed E-state index contributed by atoms with van der Waals surface area (Å²) in [6.07, 6.45) is 1.89. The molecule has 1 aromatic rings. The lowest BCUT2D eigenvalue weighted by Gasteiger charge is -2.06. The number of carbonyl (C=O) groups is 1. The number of halogens is 2. The van der Waals surface area contributed by atoms with Crippen molar-refractivity contribution in [1.29, 1.82) is 0 Å². The van der Waals surface area contributed by atoms with E-state index in [0.717, 1.165) is 12.8 Å². The van der Waals surface area contributed by atoms with Gasteiger partial charge in [-0.15, -0.1) is 0 Å². The number of amides is 1. The zero-order valence-electron chi connectivity index (χ0n) is 7.39. The summed E-state index contributed by atoms with van der Waals surface area (Å²) in [7, 11) is 0. The van der Waals surface area contributed by atoms with Crippen molar-refractivity contribution in [1.82, 2.24) is 0 Å². The van der Waals surface area contributed by atoms with Gasteiger partial charge < -0.3 is 5.32 Å². The predicted octanol–water partition coefficient (Wildman–Crippen LogP) is 2.94. The number of hydrogen-bond donors (Lipinski definition) is 1. The van der Waals surface area contributed by atoms with E-state index in [4.69, 9.17) is 0 Å². The van der Waals surface area contributed by atoms with Crippen molar-refractivity contribution in [2.24, 2.45) is 5.92 Å². The van der Waals surface area contributed by atoms with Gasteiger partial charge in [-0.3, -0.25) is 4.79 Å². The van der Waals surface area contributed by atoms with Crippen molar-refractivity contribution in [3.63, 3.8) is 0 Å². The molecule has 0 saturated heterocycles. The molecule has 0 spiro atoms. The Hall–Kier alpha value is -0.900. The van der Waals surface area contributed by atoms with Crippen LogP contribution in [0.3, 0.4) is 0 Å². The van der Waals surface area contributed by atoms with Gasteiger partial charge in [-0.2, -0.15) is 0 Å². The van der Waals surface area contributed by atoms with E-state index in [9.17, 15) is 9.18 Å². The van der Waals surface area contributed by atoms with Crippen LogP contribution < -0.4 is 5.32 Å². The fourth-order valence-corrected chi connectivity index (χ4v) is 1.52. The smallest absolute Gasteiger partial charge is 0.227 e. The summed E-state index contributed by atoms with van der Waals surface area (Å²) >= 11 is 3.25. The largest absolute Gasteiger partial charge is 0.325 e. The van der Waals surface area contributed by atoms with E-state index >= 15 is 0 Å². The predicted molar refractivity (Wildman–Crippen MR) is 55.5 cm³/mol. The standard InChI is InChI=1S/C10H9BrFNO/c11-8-4-3-7(12)5-9(8)13-10(14)6-1-2-6/h3-6H,1-2H2,(H,13,14). The van der Waals surface area contributed by atoms with Gasteiger partial charge in [0.1, 0.15) is 5.82 Å². The van der Waals surface area contributed by atoms with Gasteiger partial charge in [0, 0.05) is 10.4 Å². The summed E-state index contributed by atoms with van der Waals surface area (Å²) < 4.78 is 13.5. The molecule has 1 aromatic carbocycles. The van der Waals surface area contributed by atoms with Gasteiger partial charge in [-0.25, -0.2) is 4.39 Å². The van der Waals surface area contributed by atoms with Gasteiger partial charge in [0.2, 0.25) is 5.91 Å². The summed E-state index contributed by atoms with van der Waals surface area (Å²) in [5.41, 5.74) is 0.502. The number of carbonyl (C=O) groups excluding carboxylic acids is 1. The average molecular weight is 258 g/mol. The number of nitrogens with one attached hydrogen (secondary N) is 1. The van der Waals surface area contributed by atoms with Crippen LogP contribution in [0.2, 0.25) is 0 Å². The van der Waals surface area contributed by atoms with Crippen LogP contribution in [0.25, 0.3) is 0 Å². The minimum atomic E-state index is -0.348. The van der Waals surface area contributed by atoms with Crippen molar-refractivity contribution in [2.75, 3.05) is 5.32 Å². The van der Waals surface area contributed by atoms with E-state index < -0.39 is 0 Å². The lowest BCUT2D eigenvalue weighted by atomic mass is 10.3. The van der Waals surface area contributed by atoms with Gasteiger partial charge in [0.15, 0.2) is 0 Å². The van der Waals surface area contributed by atoms with Crippen LogP contribution in [-0.4, -0.2) is 5.91 Å². The molecule has 1 saturated carbocycles. The molecule has 1 aliphatic rings. The Bertz CT molecular complexity index is 376. The second kappa shape index (κ2) is 3.69. The van der Waals surface area contributed by atoms with Gasteiger partial charge >= 0.3 is 0 Å². The summed E-state index contributed by atoms with van der Waals surface area (Å²) in [4.78, 5) is 11.4. The first-order chi connectivity index (χ1) is 6.66. The van der Waals surface area contributed by atoms with E-state index in [1.54, 1.807) is 6.07 Å². The van der Waals surface area contributed by atoms with Gasteiger partial charge in [0.25, 0.3) is 0 Å². The van der Waals surface area contributed by atoms with Crippen molar-refractivity contribution in [3.8, 4) is 0 Å². The van der Waals surface area contributed by atoms with Gasteiger partial charge in [0.05, 0.1) is 5.69 Å². The van der Waals surface area contributed by atoms with Gasteiger partial charge in [-0.05, 0) is 47.0 Å². The zero-order valence-corrected chi connectivity index (χ0v) is 8.97. The first-order valence-electron chi connectivity index (χ1n) is 4.43. The van der Waals surface area contributed by atoms with E-state index in [1.807, 2.05) is 0 Å². The molecule has 2 rings (SSSR count). The number of rotatable bonds is 2. The third-order valence-electron chi connectivity index (χ3n) is 2.13. The normalized spacial score (nSPS) is 15.3. The maximum atomic E-state index is 12.8. The Morgan fingerprint density at radius 1 is 1.50 bits per heavy atom. The number of anilines is 1. The Balaban J connectivity index is 2.14. The summed E-state index contributed by atoms with van der Waals surface area (Å²) in [6.45, 7) is 0. The average Bonchev–Trinajstić information content (AvgIpc) is 2.94. The maximum absolute atomic E-state index is 12.8. The molecule has 0 aromatic heterocycles. The van der Waals surface area contributed by atoms with E-state index in [-0.39, 0.29) is 17.6 Å². The molecule has 0 heterocycles. The molecule has 4 heteroatoms. The fraction of sp³-hybridized carbons (Fsp3) is 0.300. The quantitative estimate of drug-likeness (QED) is 0.868. The number of hydrogen-bond acceptors (Lipinski definition) is 1. The van der Waals surface area contributed by atoms with Crippen LogP contribution >= 0.6 is 15.9 Å². The minimum absolute atomic E-state index is 0.0173. The molecular formula is C10H9BrFNO. The highest BCUT2D eigenvalue weighted by Gasteiger charge is 2.29. The van der Waals surface area contributed by atoms with Crippen LogP contribution in [0.1, 0.15) is 12.8 Å². The van der Waals surface area contributed by atoms with Crippen LogP contribution in [0.15, 0.2) is 22.7 Å². The van der Waals surface area contributed by atoms with Crippen LogP contribution in [0, 0.1) is 11.7 Å². The van der Waals surface area contributed by atoms with Crippen LogP contribution in [-0.2, 0) is 4.79 Å². The highest BCUT2D eigenvalue weighted by Crippen LogP contribution is 2.31. The second-order valence-corrected chi connectivity index (χ2v) is 4.24. The lowest BCUT2D eigenvalue weighted by Crippen LogP contribution is -2.13. The molecular weight excluding hydrogens is 249 g/mol. The van der Waals surface area contributed by atoms with Crippen LogP contribution in [0.5, 0.6) is 0 Å². The third-order valence-corrected chi connectivity index (χ3v) is 2.83. The molecule has 0 radical (unpaired) electrons. The monoisotopic (exact) mass is 257 g/mol. The molecule has 1 amide bonds. The molecule has 74 valence electrons. The first kappa shape index (κ1) is 9.65. The van der Waals surface area contributed by atoms with E-state index in [1.165, 1.54) is 12.1 Å². The molecule has 0 aliphatic heterocycles. The first-order valence-corrected chi connectivity index (χ1v) is 5.22. The van der Waals surface area contributed by atoms with Crippen LogP contribution in [0.4, 0.5) is 10.1 Å². The molecule has 0 atom stereocenters. The SMILES string of the molecule is O=C(Nc1cc(F)ccc1Br)C1CC1. The molecule has 1 N–H and O–H groups in total. The molecule has 1 aliphatic carbocycles. The minimum Gasteiger partial charge on any atom is -0.325 e. The van der Waals surface area contributed by atoms with Crippen molar-refractivity contribution in [2.45, 2.75) is 12.8 Å². The Morgan fingerprint density at radius 2 is 2.21 bits per heavy atom. The number of benzene rings is 1. The Morgan fingerprint density at radius 3 is 2.86 bits per heavy atom. The molecule has 2 nitrogen and oxygen atoms in total. The highest BCUT2D eigenvalue weighted by atomic mass is 79.9. The molecule has 14 heavy (non-hydrogen) atoms. The Labute approximate surface area is 89.6 Å². The third kappa shape index (κ3) is 2.12. The lowest BCUT2D eigenvalue weighted by molar-refractivity contribution is -0.117. The maximum Gasteiger partial charge on any atom is 0.227 e. The molecule has 0 unspecified atom stereocenters. The highest BCUT2D eigenvalue weighted by molar-refractivity contribution is 9.10. The fourth-order valence-electron chi connectivity index (χ4n) is 1.17. The summed E-state index contributed by atoms with van der Waals surface area (Å²) in [5.74, 6) is -0.235. The zero-order chi connectivity index (χ0) is 10.1. The molecule has 0 bridgehead atoms. The van der Waals surface area contributed by atoms with Crippen molar-refractivity contribution >= 4 is 27.5 Å². The van der Waals surface area contributed by atoms with Gasteiger partial charge in [-0.1, -0.05) is 0 Å². The second-order valence-electron chi connectivity index (χ2n) is 3.39. The van der Waals surface area contributed by atoms with Crippen molar-refractivity contribution < 1.29 is 9.18 Å². The summed E-state index contributed by atoms with van der Waals surface area (Å²) in [5, 5.41) is 2.69. The van der Waals surface area contributed by atoms with E-state index in [2.05, 4.69) is 21.2 Å². The Kier molecular flexibility index (Phi) is 2.54. The van der Waals surface area contributed by atoms with E-state index in [0.29, 0.717) is 10.2 Å². The topological polar surface area (TPSA) is 29.1 Å². The van der Waals surface area contributed by atoms with Crippen molar-refractivity contribution in [3.05, 3.63) is 28.5 Å². The molecule has 1 fully saturated rings.